The first-order chi connectivity index (χ1) is 7.34. The zero-order valence-electron chi connectivity index (χ0n) is 9.54. The van der Waals surface area contributed by atoms with Crippen molar-refractivity contribution in [1.29, 1.82) is 0 Å². The lowest BCUT2D eigenvalue weighted by atomic mass is 10.3. The van der Waals surface area contributed by atoms with Gasteiger partial charge in [-0.1, -0.05) is 0 Å². The van der Waals surface area contributed by atoms with E-state index in [-0.39, 0.29) is 12.7 Å². The number of rotatable bonds is 6. The van der Waals surface area contributed by atoms with Crippen molar-refractivity contribution >= 4 is 35.1 Å². The molecular formula is C10H16Cl2O4. The molecule has 4 nitrogen and oxygen atoms in total. The summed E-state index contributed by atoms with van der Waals surface area (Å²) in [6.07, 6.45) is 0.0807. The van der Waals surface area contributed by atoms with E-state index < -0.39 is 22.7 Å². The summed E-state index contributed by atoms with van der Waals surface area (Å²) in [5, 5.41) is -1.34. The van der Waals surface area contributed by atoms with E-state index in [9.17, 15) is 9.59 Å². The van der Waals surface area contributed by atoms with Crippen molar-refractivity contribution in [2.24, 2.45) is 0 Å². The van der Waals surface area contributed by atoms with Crippen LogP contribution in [0.3, 0.4) is 0 Å². The van der Waals surface area contributed by atoms with Crippen LogP contribution in [0, 0.1) is 0 Å². The van der Waals surface area contributed by atoms with Crippen molar-refractivity contribution in [3.8, 4) is 0 Å². The van der Waals surface area contributed by atoms with E-state index in [0.717, 1.165) is 0 Å². The van der Waals surface area contributed by atoms with Crippen molar-refractivity contribution in [3.63, 3.8) is 0 Å². The quantitative estimate of drug-likeness (QED) is 0.548. The van der Waals surface area contributed by atoms with Gasteiger partial charge < -0.3 is 9.47 Å². The molecule has 0 aliphatic rings. The molecule has 0 spiro atoms. The summed E-state index contributed by atoms with van der Waals surface area (Å²) in [7, 11) is 0. The van der Waals surface area contributed by atoms with Crippen molar-refractivity contribution in [1.82, 2.24) is 0 Å². The third kappa shape index (κ3) is 6.90. The molecule has 0 aromatic carbocycles. The van der Waals surface area contributed by atoms with Gasteiger partial charge in [-0.2, -0.15) is 0 Å². The minimum absolute atomic E-state index is 0.168. The highest BCUT2D eigenvalue weighted by Gasteiger charge is 2.16. The second kappa shape index (κ2) is 7.74. The highest BCUT2D eigenvalue weighted by Crippen LogP contribution is 2.05. The molecule has 0 bridgehead atoms. The molecule has 94 valence electrons. The molecule has 0 radical (unpaired) electrons. The molecule has 6 heteroatoms. The highest BCUT2D eigenvalue weighted by molar-refractivity contribution is 6.29. The van der Waals surface area contributed by atoms with Crippen LogP contribution in [0.2, 0.25) is 0 Å². The van der Waals surface area contributed by atoms with Gasteiger partial charge >= 0.3 is 11.9 Å². The van der Waals surface area contributed by atoms with Crippen molar-refractivity contribution in [3.05, 3.63) is 0 Å². The predicted molar refractivity (Wildman–Crippen MR) is 61.8 cm³/mol. The Bertz CT molecular complexity index is 241. The Kier molecular flexibility index (Phi) is 7.51. The summed E-state index contributed by atoms with van der Waals surface area (Å²) in [6, 6.07) is 0. The summed E-state index contributed by atoms with van der Waals surface area (Å²) in [5.74, 6) is -0.961. The van der Waals surface area contributed by atoms with E-state index in [1.165, 1.54) is 13.8 Å². The van der Waals surface area contributed by atoms with E-state index in [0.29, 0.717) is 6.42 Å². The van der Waals surface area contributed by atoms with Gasteiger partial charge in [-0.25, -0.2) is 0 Å². The van der Waals surface area contributed by atoms with Crippen LogP contribution < -0.4 is 0 Å². The van der Waals surface area contributed by atoms with E-state index in [1.54, 1.807) is 6.92 Å². The van der Waals surface area contributed by atoms with Crippen molar-refractivity contribution < 1.29 is 19.1 Å². The summed E-state index contributed by atoms with van der Waals surface area (Å²) in [6.45, 7) is 4.93. The molecule has 0 N–H and O–H groups in total. The molecule has 0 saturated heterocycles. The first-order valence-electron chi connectivity index (χ1n) is 4.99. The Hall–Kier alpha value is -0.480. The largest absolute Gasteiger partial charge is 0.464 e. The number of esters is 2. The molecular weight excluding hydrogens is 255 g/mol. The van der Waals surface area contributed by atoms with Gasteiger partial charge in [-0.05, 0) is 20.8 Å². The zero-order chi connectivity index (χ0) is 12.7. The molecule has 0 fully saturated rings. The molecule has 0 heterocycles. The first-order valence-corrected chi connectivity index (χ1v) is 5.87. The molecule has 0 saturated carbocycles. The lowest BCUT2D eigenvalue weighted by Gasteiger charge is -2.14. The van der Waals surface area contributed by atoms with Gasteiger partial charge in [0.25, 0.3) is 0 Å². The van der Waals surface area contributed by atoms with E-state index >= 15 is 0 Å². The molecule has 0 aromatic heterocycles. The Morgan fingerprint density at radius 1 is 1.06 bits per heavy atom. The van der Waals surface area contributed by atoms with Crippen LogP contribution in [0.15, 0.2) is 0 Å². The zero-order valence-corrected chi connectivity index (χ0v) is 11.0. The number of hydrogen-bond donors (Lipinski definition) is 0. The summed E-state index contributed by atoms with van der Waals surface area (Å²) in [5.41, 5.74) is 0. The maximum atomic E-state index is 11.1. The minimum atomic E-state index is -0.673. The van der Waals surface area contributed by atoms with Crippen LogP contribution in [0.5, 0.6) is 0 Å². The molecule has 16 heavy (non-hydrogen) atoms. The number of hydrogen-bond acceptors (Lipinski definition) is 4. The summed E-state index contributed by atoms with van der Waals surface area (Å²) < 4.78 is 9.78. The normalized spacial score (nSPS) is 16.1. The molecule has 0 rings (SSSR count). The molecule has 0 aliphatic heterocycles. The lowest BCUT2D eigenvalue weighted by molar-refractivity contribution is -0.149. The maximum absolute atomic E-state index is 11.1. The Balaban J connectivity index is 3.70. The number of halogens is 2. The van der Waals surface area contributed by atoms with Crippen LogP contribution in [-0.2, 0) is 19.1 Å². The fourth-order valence-corrected chi connectivity index (χ4v) is 0.906. The average molecular weight is 271 g/mol. The summed E-state index contributed by atoms with van der Waals surface area (Å²) in [4.78, 5) is 22.0. The molecule has 0 aliphatic carbocycles. The van der Waals surface area contributed by atoms with Gasteiger partial charge in [-0.15, -0.1) is 23.2 Å². The lowest BCUT2D eigenvalue weighted by Crippen LogP contribution is -2.23. The van der Waals surface area contributed by atoms with Gasteiger partial charge in [-0.3, -0.25) is 9.59 Å². The third-order valence-corrected chi connectivity index (χ3v) is 2.09. The standard InChI is InChI=1S/C10H16Cl2O4/c1-6(16-10(14)8(3)12)4-5-15-9(13)7(2)11/h6-8H,4-5H2,1-3H3/t6-,7-,8-/m1/s1. The van der Waals surface area contributed by atoms with Gasteiger partial charge in [0.2, 0.25) is 0 Å². The third-order valence-electron chi connectivity index (χ3n) is 1.74. The Morgan fingerprint density at radius 3 is 2.00 bits per heavy atom. The van der Waals surface area contributed by atoms with Crippen LogP contribution in [0.25, 0.3) is 0 Å². The number of alkyl halides is 2. The predicted octanol–water partition coefficient (Wildman–Crippen LogP) is 2.11. The second-order valence-corrected chi connectivity index (χ2v) is 4.74. The smallest absolute Gasteiger partial charge is 0.324 e. The molecule has 0 aromatic rings. The van der Waals surface area contributed by atoms with Gasteiger partial charge in [0.05, 0.1) is 6.61 Å². The molecule has 3 atom stereocenters. The van der Waals surface area contributed by atoms with E-state index in [2.05, 4.69) is 0 Å². The topological polar surface area (TPSA) is 52.6 Å². The number of carbonyl (C=O) groups is 2. The van der Waals surface area contributed by atoms with Gasteiger partial charge in [0.1, 0.15) is 16.9 Å². The maximum Gasteiger partial charge on any atom is 0.324 e. The van der Waals surface area contributed by atoms with Crippen LogP contribution >= 0.6 is 23.2 Å². The number of carbonyl (C=O) groups excluding carboxylic acids is 2. The van der Waals surface area contributed by atoms with Crippen LogP contribution in [0.1, 0.15) is 27.2 Å². The Morgan fingerprint density at radius 2 is 1.56 bits per heavy atom. The van der Waals surface area contributed by atoms with Crippen molar-refractivity contribution in [2.75, 3.05) is 6.61 Å². The average Bonchev–Trinajstić information content (AvgIpc) is 2.16. The van der Waals surface area contributed by atoms with E-state index in [1.807, 2.05) is 0 Å². The fourth-order valence-electron chi connectivity index (χ4n) is 0.791. The monoisotopic (exact) mass is 270 g/mol. The molecule has 0 amide bonds. The van der Waals surface area contributed by atoms with Crippen molar-refractivity contribution in [2.45, 2.75) is 44.1 Å². The SMILES string of the molecule is C[C@H](CCOC(=O)[C@@H](C)Cl)OC(=O)[C@@H](C)Cl. The second-order valence-electron chi connectivity index (χ2n) is 3.44. The number of ether oxygens (including phenoxy) is 2. The van der Waals surface area contributed by atoms with E-state index in [4.69, 9.17) is 32.7 Å². The van der Waals surface area contributed by atoms with Crippen LogP contribution in [-0.4, -0.2) is 35.4 Å². The molecule has 0 unspecified atom stereocenters. The first kappa shape index (κ1) is 15.5. The fraction of sp³-hybridized carbons (Fsp3) is 0.800. The van der Waals surface area contributed by atoms with Gasteiger partial charge in [0.15, 0.2) is 0 Å². The minimum Gasteiger partial charge on any atom is -0.464 e. The summed E-state index contributed by atoms with van der Waals surface area (Å²) >= 11 is 11.0. The van der Waals surface area contributed by atoms with Gasteiger partial charge in [0, 0.05) is 6.42 Å². The highest BCUT2D eigenvalue weighted by atomic mass is 35.5. The van der Waals surface area contributed by atoms with Crippen LogP contribution in [0.4, 0.5) is 0 Å². The Labute approximate surface area is 105 Å².